The number of rotatable bonds is 5. The zero-order chi connectivity index (χ0) is 13.2. The zero-order valence-electron chi connectivity index (χ0n) is 11.4. The Morgan fingerprint density at radius 2 is 2.11 bits per heavy atom. The van der Waals surface area contributed by atoms with Crippen molar-refractivity contribution in [3.05, 3.63) is 11.7 Å². The van der Waals surface area contributed by atoms with Crippen LogP contribution in [0.15, 0.2) is 4.52 Å². The van der Waals surface area contributed by atoms with Crippen LogP contribution in [0.1, 0.15) is 43.4 Å². The third-order valence-electron chi connectivity index (χ3n) is 4.07. The fraction of sp³-hybridized carbons (Fsp3) is 0.846. The molecule has 2 fully saturated rings. The van der Waals surface area contributed by atoms with Crippen molar-refractivity contribution >= 4 is 0 Å². The van der Waals surface area contributed by atoms with Crippen molar-refractivity contribution < 1.29 is 9.26 Å². The maximum atomic E-state index is 6.16. The van der Waals surface area contributed by atoms with Crippen molar-refractivity contribution in [1.29, 1.82) is 0 Å². The Kier molecular flexibility index (Phi) is 3.81. The van der Waals surface area contributed by atoms with Crippen LogP contribution in [0.2, 0.25) is 0 Å². The molecule has 0 spiro atoms. The average molecular weight is 266 g/mol. The van der Waals surface area contributed by atoms with Gasteiger partial charge in [-0.3, -0.25) is 4.90 Å². The SMILES string of the molecule is CC(c1nc(C(N)CN2CCOCC2)no1)C1CC1. The lowest BCUT2D eigenvalue weighted by Gasteiger charge is -2.27. The molecule has 1 saturated heterocycles. The van der Waals surface area contributed by atoms with Gasteiger partial charge in [0.15, 0.2) is 5.82 Å². The molecular weight excluding hydrogens is 244 g/mol. The molecule has 1 aromatic heterocycles. The van der Waals surface area contributed by atoms with Crippen LogP contribution >= 0.6 is 0 Å². The molecule has 6 nitrogen and oxygen atoms in total. The molecule has 2 atom stereocenters. The molecular formula is C13H22N4O2. The maximum absolute atomic E-state index is 6.16. The molecule has 0 aromatic carbocycles. The summed E-state index contributed by atoms with van der Waals surface area (Å²) in [5, 5.41) is 4.04. The van der Waals surface area contributed by atoms with E-state index in [0.717, 1.165) is 44.7 Å². The molecule has 1 aliphatic carbocycles. The van der Waals surface area contributed by atoms with Gasteiger partial charge in [-0.15, -0.1) is 0 Å². The summed E-state index contributed by atoms with van der Waals surface area (Å²) >= 11 is 0. The van der Waals surface area contributed by atoms with Gasteiger partial charge in [0.25, 0.3) is 0 Å². The van der Waals surface area contributed by atoms with E-state index in [1.165, 1.54) is 12.8 Å². The summed E-state index contributed by atoms with van der Waals surface area (Å²) in [6.07, 6.45) is 2.55. The van der Waals surface area contributed by atoms with Crippen LogP contribution < -0.4 is 5.73 Å². The Hall–Kier alpha value is -0.980. The van der Waals surface area contributed by atoms with E-state index in [4.69, 9.17) is 15.0 Å². The Bertz CT molecular complexity index is 413. The van der Waals surface area contributed by atoms with E-state index in [9.17, 15) is 0 Å². The highest BCUT2D eigenvalue weighted by molar-refractivity contribution is 5.01. The quantitative estimate of drug-likeness (QED) is 0.853. The first-order chi connectivity index (χ1) is 9.24. The van der Waals surface area contributed by atoms with Crippen molar-refractivity contribution in [2.24, 2.45) is 11.7 Å². The molecule has 1 aliphatic heterocycles. The molecule has 2 unspecified atom stereocenters. The van der Waals surface area contributed by atoms with Crippen LogP contribution in [0.3, 0.4) is 0 Å². The minimum atomic E-state index is -0.179. The Balaban J connectivity index is 1.58. The van der Waals surface area contributed by atoms with Gasteiger partial charge in [-0.25, -0.2) is 0 Å². The van der Waals surface area contributed by atoms with Gasteiger partial charge in [0.2, 0.25) is 5.89 Å². The molecule has 6 heteroatoms. The molecule has 2 heterocycles. The summed E-state index contributed by atoms with van der Waals surface area (Å²) in [4.78, 5) is 6.76. The van der Waals surface area contributed by atoms with E-state index in [2.05, 4.69) is 22.0 Å². The van der Waals surface area contributed by atoms with Gasteiger partial charge in [0.05, 0.1) is 19.3 Å². The predicted molar refractivity (Wildman–Crippen MR) is 69.6 cm³/mol. The molecule has 2 aliphatic rings. The normalized spacial score (nSPS) is 24.3. The van der Waals surface area contributed by atoms with Gasteiger partial charge in [0, 0.05) is 25.6 Å². The third-order valence-corrected chi connectivity index (χ3v) is 4.07. The number of hydrogen-bond donors (Lipinski definition) is 1. The van der Waals surface area contributed by atoms with Crippen molar-refractivity contribution in [3.63, 3.8) is 0 Å². The minimum Gasteiger partial charge on any atom is -0.379 e. The highest BCUT2D eigenvalue weighted by Crippen LogP contribution is 2.41. The first-order valence-corrected chi connectivity index (χ1v) is 7.13. The van der Waals surface area contributed by atoms with Crippen molar-refractivity contribution in [2.75, 3.05) is 32.8 Å². The van der Waals surface area contributed by atoms with Crippen LogP contribution in [-0.2, 0) is 4.74 Å². The van der Waals surface area contributed by atoms with E-state index < -0.39 is 0 Å². The van der Waals surface area contributed by atoms with Gasteiger partial charge >= 0.3 is 0 Å². The monoisotopic (exact) mass is 266 g/mol. The smallest absolute Gasteiger partial charge is 0.229 e. The minimum absolute atomic E-state index is 0.179. The van der Waals surface area contributed by atoms with Gasteiger partial charge in [-0.05, 0) is 18.8 Å². The summed E-state index contributed by atoms with van der Waals surface area (Å²) in [6.45, 7) is 6.34. The highest BCUT2D eigenvalue weighted by Gasteiger charge is 2.33. The van der Waals surface area contributed by atoms with Crippen LogP contribution in [0.4, 0.5) is 0 Å². The third kappa shape index (κ3) is 3.13. The molecule has 3 rings (SSSR count). The predicted octanol–water partition coefficient (Wildman–Crippen LogP) is 0.915. The number of morpholine rings is 1. The van der Waals surface area contributed by atoms with E-state index in [1.54, 1.807) is 0 Å². The first-order valence-electron chi connectivity index (χ1n) is 7.13. The summed E-state index contributed by atoms with van der Waals surface area (Å²) in [5.41, 5.74) is 6.16. The zero-order valence-corrected chi connectivity index (χ0v) is 11.4. The Labute approximate surface area is 113 Å². The Morgan fingerprint density at radius 1 is 1.37 bits per heavy atom. The van der Waals surface area contributed by atoms with E-state index in [0.29, 0.717) is 11.7 Å². The molecule has 0 bridgehead atoms. The first kappa shape index (κ1) is 13.0. The van der Waals surface area contributed by atoms with Gasteiger partial charge in [-0.2, -0.15) is 4.98 Å². The fourth-order valence-corrected chi connectivity index (χ4v) is 2.52. The molecule has 19 heavy (non-hydrogen) atoms. The second-order valence-electron chi connectivity index (χ2n) is 5.64. The molecule has 0 amide bonds. The Morgan fingerprint density at radius 3 is 2.79 bits per heavy atom. The lowest BCUT2D eigenvalue weighted by molar-refractivity contribution is 0.0348. The van der Waals surface area contributed by atoms with Crippen LogP contribution in [0.5, 0.6) is 0 Å². The number of nitrogens with two attached hydrogens (primary N) is 1. The van der Waals surface area contributed by atoms with Gasteiger partial charge in [0.1, 0.15) is 0 Å². The number of nitrogens with zero attached hydrogens (tertiary/aromatic N) is 3. The summed E-state index contributed by atoms with van der Waals surface area (Å²) in [7, 11) is 0. The largest absolute Gasteiger partial charge is 0.379 e. The van der Waals surface area contributed by atoms with Crippen LogP contribution in [0.25, 0.3) is 0 Å². The molecule has 1 saturated carbocycles. The van der Waals surface area contributed by atoms with Gasteiger partial charge in [-0.1, -0.05) is 12.1 Å². The summed E-state index contributed by atoms with van der Waals surface area (Å²) in [6, 6.07) is -0.179. The number of aromatic nitrogens is 2. The topological polar surface area (TPSA) is 77.4 Å². The standard InChI is InChI=1S/C13H22N4O2/c1-9(10-2-3-10)13-15-12(16-19-13)11(14)8-17-4-6-18-7-5-17/h9-11H,2-8,14H2,1H3. The fourth-order valence-electron chi connectivity index (χ4n) is 2.52. The van der Waals surface area contributed by atoms with E-state index in [-0.39, 0.29) is 6.04 Å². The van der Waals surface area contributed by atoms with Crippen LogP contribution in [0, 0.1) is 5.92 Å². The van der Waals surface area contributed by atoms with Gasteiger partial charge < -0.3 is 15.0 Å². The molecule has 106 valence electrons. The maximum Gasteiger partial charge on any atom is 0.229 e. The second kappa shape index (κ2) is 5.56. The molecule has 1 aromatic rings. The van der Waals surface area contributed by atoms with Crippen molar-refractivity contribution in [1.82, 2.24) is 15.0 Å². The van der Waals surface area contributed by atoms with Crippen LogP contribution in [-0.4, -0.2) is 47.9 Å². The summed E-state index contributed by atoms with van der Waals surface area (Å²) < 4.78 is 10.7. The van der Waals surface area contributed by atoms with Crippen molar-refractivity contribution in [2.45, 2.75) is 31.7 Å². The number of hydrogen-bond acceptors (Lipinski definition) is 6. The van der Waals surface area contributed by atoms with Crippen molar-refractivity contribution in [3.8, 4) is 0 Å². The summed E-state index contributed by atoms with van der Waals surface area (Å²) in [5.74, 6) is 2.48. The second-order valence-corrected chi connectivity index (χ2v) is 5.64. The number of ether oxygens (including phenoxy) is 1. The molecule has 0 radical (unpaired) electrons. The lowest BCUT2D eigenvalue weighted by atomic mass is 10.1. The average Bonchev–Trinajstić information content (AvgIpc) is 3.16. The molecule has 2 N–H and O–H groups in total. The van der Waals surface area contributed by atoms with E-state index >= 15 is 0 Å². The van der Waals surface area contributed by atoms with E-state index in [1.807, 2.05) is 0 Å². The highest BCUT2D eigenvalue weighted by atomic mass is 16.5. The lowest BCUT2D eigenvalue weighted by Crippen LogP contribution is -2.40.